The van der Waals surface area contributed by atoms with Crippen molar-refractivity contribution in [3.8, 4) is 0 Å². The number of amides is 1. The van der Waals surface area contributed by atoms with Crippen molar-refractivity contribution in [2.45, 2.75) is 51.1 Å². The average molecular weight is 448 g/mol. The van der Waals surface area contributed by atoms with Gasteiger partial charge in [0, 0.05) is 56.2 Å². The summed E-state index contributed by atoms with van der Waals surface area (Å²) >= 11 is 0. The first-order valence-electron chi connectivity index (χ1n) is 12.3. The highest BCUT2D eigenvalue weighted by Gasteiger charge is 2.47. The van der Waals surface area contributed by atoms with E-state index in [1.165, 1.54) is 38.0 Å². The lowest BCUT2D eigenvalue weighted by Crippen LogP contribution is -2.59. The van der Waals surface area contributed by atoms with Gasteiger partial charge >= 0.3 is 0 Å². The summed E-state index contributed by atoms with van der Waals surface area (Å²) in [6, 6.07) is 12.7. The Morgan fingerprint density at radius 1 is 1.06 bits per heavy atom. The van der Waals surface area contributed by atoms with Crippen LogP contribution in [0.25, 0.3) is 0 Å². The molecule has 4 heterocycles. The monoisotopic (exact) mass is 447 g/mol. The molecule has 1 saturated carbocycles. The third kappa shape index (κ3) is 3.53. The molecule has 3 aliphatic heterocycles. The molecule has 1 N–H and O–H groups in total. The van der Waals surface area contributed by atoms with E-state index in [2.05, 4.69) is 39.4 Å². The van der Waals surface area contributed by atoms with Gasteiger partial charge in [-0.05, 0) is 69.0 Å². The fourth-order valence-electron chi connectivity index (χ4n) is 5.96. The number of nitrogens with zero attached hydrogens (tertiary/aromatic N) is 4. The number of fused-ring (bicyclic) bond motifs is 1. The lowest BCUT2D eigenvalue weighted by molar-refractivity contribution is -0.119. The highest BCUT2D eigenvalue weighted by molar-refractivity contribution is 6.04. The minimum absolute atomic E-state index is 0.113. The third-order valence-corrected chi connectivity index (χ3v) is 8.12. The second kappa shape index (κ2) is 7.90. The number of pyridine rings is 1. The normalized spacial score (nSPS) is 24.4. The van der Waals surface area contributed by atoms with Crippen LogP contribution >= 0.6 is 0 Å². The first-order valence-corrected chi connectivity index (χ1v) is 12.3. The highest BCUT2D eigenvalue weighted by atomic mass is 16.5. The molecule has 1 aliphatic carbocycles. The smallest absolute Gasteiger partial charge is 0.249 e. The maximum atomic E-state index is 12.9. The number of rotatable bonds is 4. The molecule has 0 radical (unpaired) electrons. The first-order chi connectivity index (χ1) is 16.0. The van der Waals surface area contributed by atoms with Crippen LogP contribution in [0.2, 0.25) is 0 Å². The van der Waals surface area contributed by atoms with E-state index in [9.17, 15) is 4.79 Å². The second-order valence-corrected chi connectivity index (χ2v) is 10.2. The van der Waals surface area contributed by atoms with Crippen LogP contribution in [0.3, 0.4) is 0 Å². The molecule has 7 nitrogen and oxygen atoms in total. The van der Waals surface area contributed by atoms with Crippen molar-refractivity contribution in [2.75, 3.05) is 53.4 Å². The lowest BCUT2D eigenvalue weighted by Gasteiger charge is -2.57. The van der Waals surface area contributed by atoms with Gasteiger partial charge in [-0.25, -0.2) is 4.98 Å². The first kappa shape index (κ1) is 20.8. The molecule has 33 heavy (non-hydrogen) atoms. The van der Waals surface area contributed by atoms with E-state index in [-0.39, 0.29) is 18.0 Å². The summed E-state index contributed by atoms with van der Waals surface area (Å²) < 4.78 is 5.57. The zero-order chi connectivity index (χ0) is 22.6. The van der Waals surface area contributed by atoms with Gasteiger partial charge in [-0.2, -0.15) is 0 Å². The molecule has 0 bridgehead atoms. The molecule has 1 aromatic heterocycles. The molecule has 1 unspecified atom stereocenters. The van der Waals surface area contributed by atoms with Crippen molar-refractivity contribution in [1.29, 1.82) is 0 Å². The lowest BCUT2D eigenvalue weighted by atomic mass is 9.63. The molecule has 7 heteroatoms. The molecule has 1 amide bonds. The molecule has 4 aliphatic rings. The van der Waals surface area contributed by atoms with Gasteiger partial charge in [0.25, 0.3) is 0 Å². The van der Waals surface area contributed by atoms with E-state index >= 15 is 0 Å². The van der Waals surface area contributed by atoms with E-state index in [1.807, 2.05) is 26.1 Å². The van der Waals surface area contributed by atoms with Gasteiger partial charge < -0.3 is 24.8 Å². The molecule has 174 valence electrons. The fraction of sp³-hybridized carbons (Fsp3) is 0.538. The Hall–Kier alpha value is -2.80. The third-order valence-electron chi connectivity index (χ3n) is 8.12. The molecule has 1 atom stereocenters. The average Bonchev–Trinajstić information content (AvgIpc) is 2.78. The zero-order valence-corrected chi connectivity index (χ0v) is 19.6. The topological polar surface area (TPSA) is 60.9 Å². The number of hydrogen-bond acceptors (Lipinski definition) is 6. The maximum absolute atomic E-state index is 12.9. The van der Waals surface area contributed by atoms with Gasteiger partial charge in [-0.3, -0.25) is 4.79 Å². The Kier molecular flexibility index (Phi) is 4.98. The van der Waals surface area contributed by atoms with Gasteiger partial charge in [-0.1, -0.05) is 6.42 Å². The van der Waals surface area contributed by atoms with E-state index < -0.39 is 0 Å². The Balaban J connectivity index is 1.22. The van der Waals surface area contributed by atoms with Crippen LogP contribution < -0.4 is 20.0 Å². The molecule has 6 rings (SSSR count). The Labute approximate surface area is 195 Å². The minimum atomic E-state index is -0.233. The number of carbonyl (C=O) groups excluding carboxylic acids is 1. The van der Waals surface area contributed by atoms with Gasteiger partial charge in [0.1, 0.15) is 11.9 Å². The molecule has 1 spiro atoms. The number of carbonyl (C=O) groups is 1. The molecular weight excluding hydrogens is 414 g/mol. The van der Waals surface area contributed by atoms with Gasteiger partial charge in [0.05, 0.1) is 5.69 Å². The van der Waals surface area contributed by atoms with Crippen molar-refractivity contribution in [2.24, 2.45) is 5.41 Å². The van der Waals surface area contributed by atoms with E-state index in [0.717, 1.165) is 49.1 Å². The van der Waals surface area contributed by atoms with Crippen molar-refractivity contribution in [3.05, 3.63) is 36.4 Å². The zero-order valence-electron chi connectivity index (χ0n) is 19.6. The fourth-order valence-corrected chi connectivity index (χ4v) is 5.96. The predicted molar refractivity (Wildman–Crippen MR) is 132 cm³/mol. The van der Waals surface area contributed by atoms with Crippen LogP contribution in [0.4, 0.5) is 28.7 Å². The Bertz CT molecular complexity index is 1040. The van der Waals surface area contributed by atoms with Crippen LogP contribution in [-0.2, 0) is 9.53 Å². The summed E-state index contributed by atoms with van der Waals surface area (Å²) in [6.07, 6.45) is 6.03. The quantitative estimate of drug-likeness (QED) is 0.759. The summed E-state index contributed by atoms with van der Waals surface area (Å²) in [4.78, 5) is 24.3. The van der Waals surface area contributed by atoms with Crippen LogP contribution in [-0.4, -0.2) is 56.3 Å². The van der Waals surface area contributed by atoms with E-state index in [0.29, 0.717) is 5.41 Å². The van der Waals surface area contributed by atoms with Crippen LogP contribution in [0.1, 0.15) is 39.0 Å². The second-order valence-electron chi connectivity index (χ2n) is 10.2. The number of likely N-dealkylation sites (N-methyl/N-ethyl adjacent to an activating group) is 1. The molecule has 3 fully saturated rings. The summed E-state index contributed by atoms with van der Waals surface area (Å²) in [7, 11) is 1.84. The Morgan fingerprint density at radius 2 is 1.79 bits per heavy atom. The molecule has 2 saturated heterocycles. The Morgan fingerprint density at radius 3 is 2.45 bits per heavy atom. The van der Waals surface area contributed by atoms with Crippen LogP contribution in [0.15, 0.2) is 36.4 Å². The maximum Gasteiger partial charge on any atom is 0.249 e. The van der Waals surface area contributed by atoms with Gasteiger partial charge in [0.2, 0.25) is 5.91 Å². The number of ether oxygens (including phenoxy) is 1. The highest BCUT2D eigenvalue weighted by Crippen LogP contribution is 2.49. The molecular formula is C26H33N5O2. The van der Waals surface area contributed by atoms with E-state index in [1.54, 1.807) is 4.90 Å². The number of hydrogen-bond donors (Lipinski definition) is 1. The largest absolute Gasteiger partial charge is 0.381 e. The number of anilines is 5. The van der Waals surface area contributed by atoms with Crippen molar-refractivity contribution in [3.63, 3.8) is 0 Å². The van der Waals surface area contributed by atoms with Gasteiger partial charge in [-0.15, -0.1) is 0 Å². The number of aromatic nitrogens is 1. The number of nitrogens with one attached hydrogen (secondary N) is 1. The van der Waals surface area contributed by atoms with Gasteiger partial charge in [0.15, 0.2) is 5.82 Å². The minimum Gasteiger partial charge on any atom is -0.381 e. The summed E-state index contributed by atoms with van der Waals surface area (Å²) in [6.45, 7) is 5.86. The van der Waals surface area contributed by atoms with Crippen molar-refractivity contribution >= 4 is 34.6 Å². The standard InChI is InChI=1S/C26H33N5O2/c1-18-25(32)29(2)22-8-9-23(28-24(22)31(18)21-10-14-33-15-11-21)27-19-4-6-20(7-5-19)30-16-26(17-30)12-3-13-26/h4-9,18,21H,3,10-17H2,1-2H3,(H,27,28). The summed E-state index contributed by atoms with van der Waals surface area (Å²) in [5.74, 6) is 1.79. The van der Waals surface area contributed by atoms with Crippen LogP contribution in [0.5, 0.6) is 0 Å². The summed E-state index contributed by atoms with van der Waals surface area (Å²) in [5.41, 5.74) is 3.83. The molecule has 1 aromatic carbocycles. The SMILES string of the molecule is CC1C(=O)N(C)c2ccc(Nc3ccc(N4CC5(CCC5)C4)cc3)nc2N1C1CCOCC1. The summed E-state index contributed by atoms with van der Waals surface area (Å²) in [5, 5.41) is 3.47. The van der Waals surface area contributed by atoms with Crippen molar-refractivity contribution in [1.82, 2.24) is 4.98 Å². The van der Waals surface area contributed by atoms with Crippen molar-refractivity contribution < 1.29 is 9.53 Å². The number of benzene rings is 1. The van der Waals surface area contributed by atoms with Crippen LogP contribution in [0, 0.1) is 5.41 Å². The van der Waals surface area contributed by atoms with E-state index in [4.69, 9.17) is 9.72 Å². The molecule has 2 aromatic rings. The predicted octanol–water partition coefficient (Wildman–Crippen LogP) is 4.17.